The minimum absolute atomic E-state index is 0.350. The summed E-state index contributed by atoms with van der Waals surface area (Å²) in [4.78, 5) is 21.0. The quantitative estimate of drug-likeness (QED) is 0.648. The zero-order chi connectivity index (χ0) is 20.4. The van der Waals surface area contributed by atoms with Gasteiger partial charge in [0.2, 0.25) is 0 Å². The highest BCUT2D eigenvalue weighted by atomic mass is 35.5. The Kier molecular flexibility index (Phi) is 5.44. The van der Waals surface area contributed by atoms with Gasteiger partial charge in [0.05, 0.1) is 34.0 Å². The number of nitrogens with zero attached hydrogens (tertiary/aromatic N) is 4. The van der Waals surface area contributed by atoms with E-state index >= 15 is 0 Å². The number of aromatic nitrogens is 2. The molecule has 0 atom stereocenters. The summed E-state index contributed by atoms with van der Waals surface area (Å²) in [6.45, 7) is 2.57. The molecule has 2 aromatic heterocycles. The topological polar surface area (TPSA) is 82.5 Å². The molecule has 146 valence electrons. The maximum atomic E-state index is 12.7. The summed E-state index contributed by atoms with van der Waals surface area (Å²) in [6, 6.07) is 8.84. The largest absolute Gasteiger partial charge is 0.320 e. The Labute approximate surface area is 177 Å². The Morgan fingerprint density at radius 2 is 2.03 bits per heavy atom. The third-order valence-electron chi connectivity index (χ3n) is 4.35. The van der Waals surface area contributed by atoms with Crippen molar-refractivity contribution in [1.29, 1.82) is 0 Å². The van der Waals surface area contributed by atoms with Crippen LogP contribution in [0.4, 0.5) is 11.5 Å². The summed E-state index contributed by atoms with van der Waals surface area (Å²) < 4.78 is 0. The Bertz CT molecular complexity index is 1120. The highest BCUT2D eigenvalue weighted by Gasteiger charge is 2.16. The van der Waals surface area contributed by atoms with E-state index in [9.17, 15) is 4.79 Å². The summed E-state index contributed by atoms with van der Waals surface area (Å²) in [5, 5.41) is 9.05. The first-order valence-corrected chi connectivity index (χ1v) is 9.52. The highest BCUT2D eigenvalue weighted by molar-refractivity contribution is 6.35. The van der Waals surface area contributed by atoms with Gasteiger partial charge in [-0.1, -0.05) is 29.3 Å². The number of benzene rings is 1. The molecule has 0 fully saturated rings. The van der Waals surface area contributed by atoms with Crippen molar-refractivity contribution in [3.8, 4) is 11.1 Å². The number of aryl methyl sites for hydroxylation is 1. The highest BCUT2D eigenvalue weighted by Crippen LogP contribution is 2.29. The molecule has 0 aliphatic carbocycles. The number of pyridine rings is 2. The van der Waals surface area contributed by atoms with E-state index in [1.807, 2.05) is 19.1 Å². The third kappa shape index (κ3) is 4.07. The second kappa shape index (κ2) is 8.16. The zero-order valence-corrected chi connectivity index (χ0v) is 16.9. The fourth-order valence-electron chi connectivity index (χ4n) is 2.94. The fraction of sp³-hybridized carbons (Fsp3) is 0.100. The lowest BCUT2D eigenvalue weighted by Gasteiger charge is -2.15. The van der Waals surface area contributed by atoms with Gasteiger partial charge in [0.15, 0.2) is 5.82 Å². The molecule has 29 heavy (non-hydrogen) atoms. The molecule has 0 spiro atoms. The predicted octanol–water partition coefficient (Wildman–Crippen LogP) is 4.32. The van der Waals surface area contributed by atoms with Crippen molar-refractivity contribution >= 4 is 46.8 Å². The molecule has 9 heteroatoms. The van der Waals surface area contributed by atoms with Gasteiger partial charge in [-0.25, -0.2) is 10.4 Å². The van der Waals surface area contributed by atoms with Crippen molar-refractivity contribution < 1.29 is 4.79 Å². The molecular formula is C20H16Cl2N6O. The molecule has 0 saturated carbocycles. The van der Waals surface area contributed by atoms with E-state index in [0.29, 0.717) is 33.7 Å². The average molecular weight is 427 g/mol. The number of carbonyl (C=O) groups is 1. The van der Waals surface area contributed by atoms with Crippen LogP contribution < -0.4 is 15.9 Å². The first-order chi connectivity index (χ1) is 14.0. The maximum absolute atomic E-state index is 12.7. The maximum Gasteiger partial charge on any atom is 0.257 e. The number of carbonyl (C=O) groups excluding carboxylic acids is 1. The van der Waals surface area contributed by atoms with E-state index in [-0.39, 0.29) is 5.91 Å². The van der Waals surface area contributed by atoms with Gasteiger partial charge in [0.25, 0.3) is 5.91 Å². The zero-order valence-electron chi connectivity index (χ0n) is 15.4. The molecule has 0 saturated heterocycles. The number of halogens is 2. The van der Waals surface area contributed by atoms with Crippen molar-refractivity contribution in [3.63, 3.8) is 0 Å². The molecule has 7 nitrogen and oxygen atoms in total. The van der Waals surface area contributed by atoms with E-state index < -0.39 is 0 Å². The summed E-state index contributed by atoms with van der Waals surface area (Å²) in [5.74, 6) is 0.101. The molecule has 0 radical (unpaired) electrons. The molecule has 1 aromatic carbocycles. The SMILES string of the molecule is Cc1cnccc1-c1ccc(C(=O)Nc2cnc(N3N=CCN3)c(Cl)c2)c(Cl)c1. The van der Waals surface area contributed by atoms with E-state index in [0.717, 1.165) is 16.7 Å². The van der Waals surface area contributed by atoms with Crippen molar-refractivity contribution in [1.82, 2.24) is 15.4 Å². The second-order valence-corrected chi connectivity index (χ2v) is 7.16. The molecule has 3 heterocycles. The Morgan fingerprint density at radius 3 is 2.72 bits per heavy atom. The summed E-state index contributed by atoms with van der Waals surface area (Å²) in [6.07, 6.45) is 6.72. The van der Waals surface area contributed by atoms with Crippen LogP contribution in [0.5, 0.6) is 0 Å². The first kappa shape index (κ1) is 19.3. The number of amides is 1. The van der Waals surface area contributed by atoms with E-state index in [1.165, 1.54) is 11.3 Å². The molecule has 0 unspecified atom stereocenters. The van der Waals surface area contributed by atoms with Crippen LogP contribution in [0.1, 0.15) is 15.9 Å². The Hall–Kier alpha value is -3.00. The second-order valence-electron chi connectivity index (χ2n) is 6.34. The molecule has 0 bridgehead atoms. The standard InChI is InChI=1S/C20H16Cl2N6O/c1-12-10-23-5-4-15(12)13-2-3-16(17(21)8-13)20(29)27-14-9-18(22)19(24-11-14)28-25-6-7-26-28/h2-6,8-11,26H,7H2,1H3,(H,27,29). The van der Waals surface area contributed by atoms with Crippen LogP contribution in [0.15, 0.2) is 54.0 Å². The monoisotopic (exact) mass is 426 g/mol. The summed E-state index contributed by atoms with van der Waals surface area (Å²) >= 11 is 12.7. The lowest BCUT2D eigenvalue weighted by atomic mass is 10.0. The number of anilines is 2. The van der Waals surface area contributed by atoms with E-state index in [1.54, 1.807) is 36.8 Å². The lowest BCUT2D eigenvalue weighted by molar-refractivity contribution is 0.102. The van der Waals surface area contributed by atoms with Gasteiger partial charge in [-0.15, -0.1) is 0 Å². The van der Waals surface area contributed by atoms with Crippen LogP contribution >= 0.6 is 23.2 Å². The van der Waals surface area contributed by atoms with Gasteiger partial charge in [0.1, 0.15) is 0 Å². The minimum Gasteiger partial charge on any atom is -0.320 e. The Morgan fingerprint density at radius 1 is 1.17 bits per heavy atom. The number of hydrogen-bond donors (Lipinski definition) is 2. The normalized spacial score (nSPS) is 13.0. The van der Waals surface area contributed by atoms with Crippen LogP contribution in [0, 0.1) is 6.92 Å². The number of rotatable bonds is 4. The van der Waals surface area contributed by atoms with Crippen LogP contribution in [0.2, 0.25) is 10.0 Å². The fourth-order valence-corrected chi connectivity index (χ4v) is 3.45. The van der Waals surface area contributed by atoms with Crippen LogP contribution in [0.25, 0.3) is 11.1 Å². The lowest BCUT2D eigenvalue weighted by Crippen LogP contribution is -2.29. The number of hydrogen-bond acceptors (Lipinski definition) is 6. The van der Waals surface area contributed by atoms with Crippen LogP contribution in [-0.2, 0) is 0 Å². The first-order valence-electron chi connectivity index (χ1n) is 8.76. The molecule has 1 aliphatic rings. The molecule has 1 amide bonds. The smallest absolute Gasteiger partial charge is 0.257 e. The van der Waals surface area contributed by atoms with Crippen molar-refractivity contribution in [2.24, 2.45) is 5.10 Å². The van der Waals surface area contributed by atoms with Crippen molar-refractivity contribution in [2.75, 3.05) is 17.0 Å². The van der Waals surface area contributed by atoms with Gasteiger partial charge in [-0.3, -0.25) is 9.78 Å². The molecule has 1 aliphatic heterocycles. The number of nitrogens with one attached hydrogen (secondary N) is 2. The third-order valence-corrected chi connectivity index (χ3v) is 4.95. The summed E-state index contributed by atoms with van der Waals surface area (Å²) in [7, 11) is 0. The molecule has 3 aromatic rings. The van der Waals surface area contributed by atoms with Crippen molar-refractivity contribution in [2.45, 2.75) is 6.92 Å². The van der Waals surface area contributed by atoms with Crippen LogP contribution in [-0.4, -0.2) is 28.6 Å². The van der Waals surface area contributed by atoms with Gasteiger partial charge in [0, 0.05) is 18.6 Å². The molecule has 4 rings (SSSR count). The van der Waals surface area contributed by atoms with Crippen molar-refractivity contribution in [3.05, 3.63) is 70.1 Å². The van der Waals surface area contributed by atoms with Gasteiger partial charge in [-0.2, -0.15) is 10.2 Å². The molecule has 2 N–H and O–H groups in total. The van der Waals surface area contributed by atoms with Crippen LogP contribution in [0.3, 0.4) is 0 Å². The van der Waals surface area contributed by atoms with E-state index in [4.69, 9.17) is 23.2 Å². The summed E-state index contributed by atoms with van der Waals surface area (Å²) in [5.41, 5.74) is 6.75. The van der Waals surface area contributed by atoms with E-state index in [2.05, 4.69) is 25.8 Å². The number of hydrazine groups is 1. The average Bonchev–Trinajstić information content (AvgIpc) is 3.23. The van der Waals surface area contributed by atoms with Gasteiger partial charge < -0.3 is 5.32 Å². The molecular weight excluding hydrogens is 411 g/mol. The Balaban J connectivity index is 1.53. The predicted molar refractivity (Wildman–Crippen MR) is 116 cm³/mol. The van der Waals surface area contributed by atoms with Gasteiger partial charge >= 0.3 is 0 Å². The minimum atomic E-state index is -0.351. The van der Waals surface area contributed by atoms with Gasteiger partial charge in [-0.05, 0) is 47.9 Å². The number of hydrazone groups is 1.